The van der Waals surface area contributed by atoms with Crippen molar-refractivity contribution in [3.05, 3.63) is 42.5 Å². The van der Waals surface area contributed by atoms with Gasteiger partial charge in [-0.1, -0.05) is 24.3 Å². The first-order chi connectivity index (χ1) is 6.61. The molecule has 0 aliphatic heterocycles. The smallest absolute Gasteiger partial charge is 0.270 e. The molecule has 0 fully saturated rings. The van der Waals surface area contributed by atoms with Crippen LogP contribution in [0, 0.1) is 0 Å². The van der Waals surface area contributed by atoms with Crippen LogP contribution in [0.15, 0.2) is 41.8 Å². The summed E-state index contributed by atoms with van der Waals surface area (Å²) < 4.78 is 27.3. The maximum absolute atomic E-state index is 11.4. The zero-order valence-electron chi connectivity index (χ0n) is 7.93. The molecule has 0 bridgehead atoms. The predicted molar refractivity (Wildman–Crippen MR) is 54.5 cm³/mol. The van der Waals surface area contributed by atoms with Crippen LogP contribution >= 0.6 is 0 Å². The molecule has 0 N–H and O–H groups in total. The molecule has 1 rings (SSSR count). The van der Waals surface area contributed by atoms with Crippen molar-refractivity contribution in [2.75, 3.05) is 7.11 Å². The molecule has 0 atom stereocenters. The van der Waals surface area contributed by atoms with E-state index >= 15 is 0 Å². The molecule has 0 aromatic heterocycles. The number of hydrogen-bond donors (Lipinski definition) is 0. The monoisotopic (exact) mass is 212 g/mol. The fraction of sp³-hybridized carbons (Fsp3) is 0.200. The first kappa shape index (κ1) is 10.9. The van der Waals surface area contributed by atoms with Gasteiger partial charge in [-0.05, 0) is 18.1 Å². The molecule has 0 spiro atoms. The lowest BCUT2D eigenvalue weighted by Gasteiger charge is -2.06. The second kappa shape index (κ2) is 4.39. The van der Waals surface area contributed by atoms with Crippen molar-refractivity contribution in [1.82, 2.24) is 0 Å². The normalized spacial score (nSPS) is 11.2. The van der Waals surface area contributed by atoms with E-state index < -0.39 is 10.1 Å². The third-order valence-corrected chi connectivity index (χ3v) is 3.20. The molecular formula is C10H12O3S. The van der Waals surface area contributed by atoms with Crippen molar-refractivity contribution in [2.45, 2.75) is 11.3 Å². The highest BCUT2D eigenvalue weighted by atomic mass is 32.2. The van der Waals surface area contributed by atoms with Crippen LogP contribution in [0.5, 0.6) is 0 Å². The van der Waals surface area contributed by atoms with Gasteiger partial charge in [0, 0.05) is 0 Å². The number of rotatable bonds is 4. The van der Waals surface area contributed by atoms with E-state index in [0.717, 1.165) is 7.11 Å². The van der Waals surface area contributed by atoms with Gasteiger partial charge in [0.2, 0.25) is 0 Å². The maximum Gasteiger partial charge on any atom is 0.296 e. The van der Waals surface area contributed by atoms with Crippen LogP contribution in [-0.2, 0) is 20.7 Å². The standard InChI is InChI=1S/C10H12O3S/c1-3-6-9-7-4-5-8-10(9)14(11,12)13-2/h3-5,7-8H,1,6H2,2H3. The third-order valence-electron chi connectivity index (χ3n) is 1.83. The van der Waals surface area contributed by atoms with E-state index in [0.29, 0.717) is 12.0 Å². The first-order valence-electron chi connectivity index (χ1n) is 4.11. The summed E-state index contributed by atoms with van der Waals surface area (Å²) in [5.41, 5.74) is 0.698. The van der Waals surface area contributed by atoms with Gasteiger partial charge in [-0.15, -0.1) is 6.58 Å². The van der Waals surface area contributed by atoms with Crippen LogP contribution in [0.4, 0.5) is 0 Å². The minimum atomic E-state index is -3.60. The van der Waals surface area contributed by atoms with E-state index in [9.17, 15) is 8.42 Å². The van der Waals surface area contributed by atoms with Gasteiger partial charge in [0.15, 0.2) is 0 Å². The molecule has 0 saturated heterocycles. The molecule has 0 aliphatic rings. The van der Waals surface area contributed by atoms with Gasteiger partial charge in [-0.3, -0.25) is 4.18 Å². The topological polar surface area (TPSA) is 43.4 Å². The Morgan fingerprint density at radius 2 is 2.07 bits per heavy atom. The fourth-order valence-corrected chi connectivity index (χ4v) is 2.06. The molecule has 0 heterocycles. The van der Waals surface area contributed by atoms with Gasteiger partial charge >= 0.3 is 0 Å². The third kappa shape index (κ3) is 2.21. The van der Waals surface area contributed by atoms with Crippen LogP contribution in [0.3, 0.4) is 0 Å². The van der Waals surface area contributed by atoms with E-state index in [1.54, 1.807) is 24.3 Å². The quantitative estimate of drug-likeness (QED) is 0.564. The summed E-state index contributed by atoms with van der Waals surface area (Å²) in [6.07, 6.45) is 2.17. The van der Waals surface area contributed by atoms with Gasteiger partial charge in [-0.2, -0.15) is 8.42 Å². The molecular weight excluding hydrogens is 200 g/mol. The molecule has 76 valence electrons. The number of allylic oxidation sites excluding steroid dienone is 1. The lowest BCUT2D eigenvalue weighted by atomic mass is 10.1. The minimum absolute atomic E-state index is 0.211. The van der Waals surface area contributed by atoms with E-state index in [1.807, 2.05) is 0 Å². The average Bonchev–Trinajstić information content (AvgIpc) is 2.19. The summed E-state index contributed by atoms with van der Waals surface area (Å²) in [4.78, 5) is 0.211. The van der Waals surface area contributed by atoms with Crippen molar-refractivity contribution >= 4 is 10.1 Å². The summed E-state index contributed by atoms with van der Waals surface area (Å²) in [7, 11) is -2.45. The molecule has 0 unspecified atom stereocenters. The van der Waals surface area contributed by atoms with E-state index in [2.05, 4.69) is 10.8 Å². The molecule has 4 heteroatoms. The van der Waals surface area contributed by atoms with Gasteiger partial charge in [0.25, 0.3) is 10.1 Å². The highest BCUT2D eigenvalue weighted by Gasteiger charge is 2.15. The van der Waals surface area contributed by atoms with Gasteiger partial charge in [0.05, 0.1) is 12.0 Å². The van der Waals surface area contributed by atoms with Crippen molar-refractivity contribution < 1.29 is 12.6 Å². The predicted octanol–water partition coefficient (Wildman–Crippen LogP) is 1.75. The van der Waals surface area contributed by atoms with Crippen molar-refractivity contribution in [2.24, 2.45) is 0 Å². The van der Waals surface area contributed by atoms with Crippen LogP contribution in [0.1, 0.15) is 5.56 Å². The van der Waals surface area contributed by atoms with Gasteiger partial charge in [-0.25, -0.2) is 0 Å². The Hall–Kier alpha value is -1.13. The molecule has 0 aliphatic carbocycles. The molecule has 3 nitrogen and oxygen atoms in total. The fourth-order valence-electron chi connectivity index (χ4n) is 1.16. The number of hydrogen-bond acceptors (Lipinski definition) is 3. The lowest BCUT2D eigenvalue weighted by Crippen LogP contribution is -2.05. The van der Waals surface area contributed by atoms with E-state index in [-0.39, 0.29) is 4.90 Å². The highest BCUT2D eigenvalue weighted by Crippen LogP contribution is 2.17. The Morgan fingerprint density at radius 1 is 1.43 bits per heavy atom. The zero-order valence-corrected chi connectivity index (χ0v) is 8.75. The first-order valence-corrected chi connectivity index (χ1v) is 5.52. The summed E-state index contributed by atoms with van der Waals surface area (Å²) in [6, 6.07) is 6.72. The van der Waals surface area contributed by atoms with Crippen molar-refractivity contribution in [1.29, 1.82) is 0 Å². The zero-order chi connectivity index (χ0) is 10.6. The average molecular weight is 212 g/mol. The van der Waals surface area contributed by atoms with Crippen molar-refractivity contribution in [3.63, 3.8) is 0 Å². The van der Waals surface area contributed by atoms with E-state index in [4.69, 9.17) is 0 Å². The second-order valence-corrected chi connectivity index (χ2v) is 4.40. The largest absolute Gasteiger partial charge is 0.296 e. The molecule has 1 aromatic carbocycles. The van der Waals surface area contributed by atoms with Gasteiger partial charge < -0.3 is 0 Å². The molecule has 0 radical (unpaired) electrons. The Bertz CT molecular complexity index is 421. The number of benzene rings is 1. The van der Waals surface area contributed by atoms with Gasteiger partial charge in [0.1, 0.15) is 0 Å². The van der Waals surface area contributed by atoms with E-state index in [1.165, 1.54) is 6.07 Å². The highest BCUT2D eigenvalue weighted by molar-refractivity contribution is 7.86. The Kier molecular flexibility index (Phi) is 3.43. The SMILES string of the molecule is C=CCc1ccccc1S(=O)(=O)OC. The summed E-state index contributed by atoms with van der Waals surface area (Å²) >= 11 is 0. The molecule has 1 aromatic rings. The Morgan fingerprint density at radius 3 is 2.64 bits per heavy atom. The Labute approximate surface area is 84.1 Å². The maximum atomic E-state index is 11.4. The second-order valence-electron chi connectivity index (χ2n) is 2.72. The Balaban J connectivity index is 3.26. The summed E-state index contributed by atoms with van der Waals surface area (Å²) in [5.74, 6) is 0. The van der Waals surface area contributed by atoms with Crippen LogP contribution < -0.4 is 0 Å². The lowest BCUT2D eigenvalue weighted by molar-refractivity contribution is 0.397. The van der Waals surface area contributed by atoms with Crippen LogP contribution in [-0.4, -0.2) is 15.5 Å². The molecule has 0 amide bonds. The minimum Gasteiger partial charge on any atom is -0.270 e. The summed E-state index contributed by atoms with van der Waals surface area (Å²) in [5, 5.41) is 0. The van der Waals surface area contributed by atoms with Crippen molar-refractivity contribution in [3.8, 4) is 0 Å². The van der Waals surface area contributed by atoms with Crippen LogP contribution in [0.25, 0.3) is 0 Å². The molecule has 14 heavy (non-hydrogen) atoms. The molecule has 0 saturated carbocycles. The van der Waals surface area contributed by atoms with Crippen LogP contribution in [0.2, 0.25) is 0 Å². The summed E-state index contributed by atoms with van der Waals surface area (Å²) in [6.45, 7) is 3.57.